The van der Waals surface area contributed by atoms with E-state index in [1.54, 1.807) is 0 Å². The van der Waals surface area contributed by atoms with E-state index in [2.05, 4.69) is 10.3 Å². The van der Waals surface area contributed by atoms with Crippen LogP contribution in [0.4, 0.5) is 32.0 Å². The molecule has 3 nitrogen and oxygen atoms in total. The maximum atomic E-state index is 12.4. The first-order valence-electron chi connectivity index (χ1n) is 6.09. The van der Waals surface area contributed by atoms with E-state index in [-0.39, 0.29) is 11.3 Å². The molecule has 9 heteroatoms. The number of rotatable bonds is 2. The highest BCUT2D eigenvalue weighted by atomic mass is 19.4. The fourth-order valence-electron chi connectivity index (χ4n) is 1.64. The second-order valence-electron chi connectivity index (χ2n) is 4.46. The molecule has 0 aliphatic rings. The van der Waals surface area contributed by atoms with Crippen molar-refractivity contribution in [3.63, 3.8) is 0 Å². The summed E-state index contributed by atoms with van der Waals surface area (Å²) in [5.41, 5.74) is -2.11. The number of carbonyl (C=O) groups is 1. The molecule has 0 fully saturated rings. The van der Waals surface area contributed by atoms with Gasteiger partial charge in [-0.25, -0.2) is 0 Å². The Labute approximate surface area is 126 Å². The van der Waals surface area contributed by atoms with E-state index >= 15 is 0 Å². The number of halogens is 6. The fraction of sp³-hybridized carbons (Fsp3) is 0.143. The van der Waals surface area contributed by atoms with Crippen LogP contribution in [0.5, 0.6) is 0 Å². The molecule has 0 unspecified atom stereocenters. The van der Waals surface area contributed by atoms with Crippen LogP contribution in [-0.4, -0.2) is 10.9 Å². The molecule has 23 heavy (non-hydrogen) atoms. The lowest BCUT2D eigenvalue weighted by Crippen LogP contribution is -2.14. The van der Waals surface area contributed by atoms with E-state index in [0.717, 1.165) is 36.5 Å². The second kappa shape index (κ2) is 5.90. The van der Waals surface area contributed by atoms with Crippen molar-refractivity contribution in [2.45, 2.75) is 12.4 Å². The minimum Gasteiger partial charge on any atom is -0.322 e. The van der Waals surface area contributed by atoms with E-state index in [0.29, 0.717) is 6.07 Å². The van der Waals surface area contributed by atoms with Crippen LogP contribution in [0.1, 0.15) is 21.6 Å². The van der Waals surface area contributed by atoms with E-state index in [1.165, 1.54) is 0 Å². The predicted octanol–water partition coefficient (Wildman–Crippen LogP) is 4.37. The lowest BCUT2D eigenvalue weighted by molar-refractivity contribution is -0.141. The van der Waals surface area contributed by atoms with Gasteiger partial charge in [0, 0.05) is 11.9 Å². The van der Waals surface area contributed by atoms with E-state index in [1.807, 2.05) is 0 Å². The van der Waals surface area contributed by atoms with Crippen molar-refractivity contribution in [3.8, 4) is 0 Å². The van der Waals surface area contributed by atoms with Crippen LogP contribution >= 0.6 is 0 Å². The zero-order valence-electron chi connectivity index (χ0n) is 11.2. The Morgan fingerprint density at radius 3 is 1.91 bits per heavy atom. The molecule has 0 atom stereocenters. The monoisotopic (exact) mass is 334 g/mol. The summed E-state index contributed by atoms with van der Waals surface area (Å²) in [6, 6.07) is 5.20. The van der Waals surface area contributed by atoms with Gasteiger partial charge in [-0.3, -0.25) is 9.78 Å². The Kier molecular flexibility index (Phi) is 4.31. The van der Waals surface area contributed by atoms with Gasteiger partial charge in [0.1, 0.15) is 5.69 Å². The summed E-state index contributed by atoms with van der Waals surface area (Å²) in [6.07, 6.45) is -8.38. The summed E-state index contributed by atoms with van der Waals surface area (Å²) < 4.78 is 74.2. The summed E-state index contributed by atoms with van der Waals surface area (Å²) in [6.45, 7) is 0. The minimum atomic E-state index is -4.62. The van der Waals surface area contributed by atoms with Crippen molar-refractivity contribution in [1.29, 1.82) is 0 Å². The third-order valence-electron chi connectivity index (χ3n) is 2.79. The molecule has 122 valence electrons. The Hall–Kier alpha value is -2.58. The van der Waals surface area contributed by atoms with Crippen molar-refractivity contribution in [2.24, 2.45) is 0 Å². The highest BCUT2D eigenvalue weighted by molar-refractivity contribution is 6.04. The average Bonchev–Trinajstić information content (AvgIpc) is 2.46. The number of benzene rings is 1. The molecule has 0 aliphatic heterocycles. The van der Waals surface area contributed by atoms with Crippen molar-refractivity contribution >= 4 is 11.6 Å². The maximum Gasteiger partial charge on any atom is 0.433 e. The first kappa shape index (κ1) is 16.8. The number of hydrogen-bond donors (Lipinski definition) is 1. The zero-order valence-corrected chi connectivity index (χ0v) is 11.2. The van der Waals surface area contributed by atoms with Gasteiger partial charge in [0.15, 0.2) is 0 Å². The molecule has 1 aromatic heterocycles. The van der Waals surface area contributed by atoms with Crippen LogP contribution in [0.2, 0.25) is 0 Å². The Morgan fingerprint density at radius 1 is 0.870 bits per heavy atom. The van der Waals surface area contributed by atoms with Crippen LogP contribution < -0.4 is 5.32 Å². The first-order chi connectivity index (χ1) is 10.6. The van der Waals surface area contributed by atoms with Gasteiger partial charge < -0.3 is 5.32 Å². The highest BCUT2D eigenvalue weighted by Crippen LogP contribution is 2.30. The van der Waals surface area contributed by atoms with Gasteiger partial charge in [-0.05, 0) is 36.4 Å². The molecule has 1 N–H and O–H groups in total. The zero-order chi connectivity index (χ0) is 17.3. The largest absolute Gasteiger partial charge is 0.433 e. The van der Waals surface area contributed by atoms with Crippen molar-refractivity contribution in [1.82, 2.24) is 4.98 Å². The molecule has 1 aromatic carbocycles. The van der Waals surface area contributed by atoms with E-state index in [4.69, 9.17) is 0 Å². The number of alkyl halides is 6. The smallest absolute Gasteiger partial charge is 0.322 e. The number of carbonyl (C=O) groups excluding carboxylic acids is 1. The van der Waals surface area contributed by atoms with Gasteiger partial charge in [0.2, 0.25) is 0 Å². The quantitative estimate of drug-likeness (QED) is 0.829. The lowest BCUT2D eigenvalue weighted by atomic mass is 10.2. The molecule has 0 spiro atoms. The molecule has 0 bridgehead atoms. The normalized spacial score (nSPS) is 12.1. The van der Waals surface area contributed by atoms with Gasteiger partial charge in [-0.15, -0.1) is 0 Å². The minimum absolute atomic E-state index is 0.0721. The summed E-state index contributed by atoms with van der Waals surface area (Å²) in [5.74, 6) is -0.786. The highest BCUT2D eigenvalue weighted by Gasteiger charge is 2.32. The van der Waals surface area contributed by atoms with Crippen molar-refractivity contribution < 1.29 is 31.1 Å². The van der Waals surface area contributed by atoms with Gasteiger partial charge in [0.25, 0.3) is 5.91 Å². The number of amides is 1. The van der Waals surface area contributed by atoms with Crippen LogP contribution in [0.3, 0.4) is 0 Å². The number of aromatic nitrogens is 1. The van der Waals surface area contributed by atoms with Crippen LogP contribution in [0, 0.1) is 0 Å². The van der Waals surface area contributed by atoms with Gasteiger partial charge in [0.05, 0.1) is 11.1 Å². The summed E-state index contributed by atoms with van der Waals surface area (Å²) >= 11 is 0. The van der Waals surface area contributed by atoms with Crippen LogP contribution in [0.15, 0.2) is 42.6 Å². The molecule has 0 aliphatic carbocycles. The van der Waals surface area contributed by atoms with Crippen LogP contribution in [-0.2, 0) is 12.4 Å². The van der Waals surface area contributed by atoms with Crippen LogP contribution in [0.25, 0.3) is 0 Å². The average molecular weight is 334 g/mol. The lowest BCUT2D eigenvalue weighted by Gasteiger charge is -2.09. The SMILES string of the molecule is O=C(Nc1ccc(C(F)(F)F)cc1)c1ccc(C(F)(F)F)nc1. The van der Waals surface area contributed by atoms with Crippen molar-refractivity contribution in [3.05, 3.63) is 59.4 Å². The van der Waals surface area contributed by atoms with E-state index in [9.17, 15) is 31.1 Å². The summed E-state index contributed by atoms with van der Waals surface area (Å²) in [5, 5.41) is 2.27. The standard InChI is InChI=1S/C14H8F6N2O/c15-13(16,17)9-2-4-10(5-3-9)22-12(23)8-1-6-11(21-7-8)14(18,19)20/h1-7H,(H,22,23). The number of nitrogens with one attached hydrogen (secondary N) is 1. The number of pyridine rings is 1. The molecule has 0 saturated heterocycles. The number of anilines is 1. The Balaban J connectivity index is 2.10. The van der Waals surface area contributed by atoms with Gasteiger partial charge in [-0.1, -0.05) is 0 Å². The first-order valence-corrected chi connectivity index (χ1v) is 6.09. The summed E-state index contributed by atoms with van der Waals surface area (Å²) in [4.78, 5) is 14.9. The number of nitrogens with zero attached hydrogens (tertiary/aromatic N) is 1. The van der Waals surface area contributed by atoms with Gasteiger partial charge in [-0.2, -0.15) is 26.3 Å². The van der Waals surface area contributed by atoms with Gasteiger partial charge >= 0.3 is 12.4 Å². The van der Waals surface area contributed by atoms with E-state index < -0.39 is 29.5 Å². The molecule has 1 amide bonds. The topological polar surface area (TPSA) is 42.0 Å². The molecule has 2 rings (SSSR count). The van der Waals surface area contributed by atoms with Crippen molar-refractivity contribution in [2.75, 3.05) is 5.32 Å². The Morgan fingerprint density at radius 2 is 1.48 bits per heavy atom. The number of hydrogen-bond acceptors (Lipinski definition) is 2. The maximum absolute atomic E-state index is 12.4. The molecule has 1 heterocycles. The molecule has 0 saturated carbocycles. The molecular weight excluding hydrogens is 326 g/mol. The Bertz CT molecular complexity index is 689. The fourth-order valence-corrected chi connectivity index (χ4v) is 1.64. The molecule has 0 radical (unpaired) electrons. The summed E-state index contributed by atoms with van der Waals surface area (Å²) in [7, 11) is 0. The predicted molar refractivity (Wildman–Crippen MR) is 68.6 cm³/mol. The third kappa shape index (κ3) is 4.21. The third-order valence-corrected chi connectivity index (χ3v) is 2.79. The molecular formula is C14H8F6N2O. The second-order valence-corrected chi connectivity index (χ2v) is 4.46. The molecule has 2 aromatic rings.